The Morgan fingerprint density at radius 2 is 1.89 bits per heavy atom. The van der Waals surface area contributed by atoms with Gasteiger partial charge < -0.3 is 10.2 Å². The highest BCUT2D eigenvalue weighted by Gasteiger charge is 2.62. The van der Waals surface area contributed by atoms with E-state index in [0.717, 1.165) is 70.2 Å². The first-order chi connectivity index (χ1) is 13.4. The molecule has 154 valence electrons. The third kappa shape index (κ3) is 2.72. The summed E-state index contributed by atoms with van der Waals surface area (Å²) in [4.78, 5) is 31.6. The van der Waals surface area contributed by atoms with Crippen LogP contribution in [0.4, 0.5) is 0 Å². The quantitative estimate of drug-likeness (QED) is 0.738. The van der Waals surface area contributed by atoms with Gasteiger partial charge in [0.1, 0.15) is 17.7 Å². The molecule has 0 aromatic rings. The highest BCUT2D eigenvalue weighted by atomic mass is 16.6. The van der Waals surface area contributed by atoms with Crippen LogP contribution in [0.5, 0.6) is 0 Å². The van der Waals surface area contributed by atoms with Gasteiger partial charge in [-0.2, -0.15) is 0 Å². The van der Waals surface area contributed by atoms with Crippen molar-refractivity contribution in [1.82, 2.24) is 5.32 Å². The number of carbonyl (C=O) groups excluding carboxylic acids is 2. The number of carbonyl (C=O) groups is 2. The Kier molecular flexibility index (Phi) is 4.46. The van der Waals surface area contributed by atoms with E-state index in [2.05, 4.69) is 24.3 Å². The fourth-order valence-corrected chi connectivity index (χ4v) is 7.57. The van der Waals surface area contributed by atoms with Crippen molar-refractivity contribution in [3.8, 4) is 0 Å². The molecule has 0 spiro atoms. The summed E-state index contributed by atoms with van der Waals surface area (Å²) < 4.78 is 0. The lowest BCUT2D eigenvalue weighted by atomic mass is 9.45. The van der Waals surface area contributed by atoms with Gasteiger partial charge in [0.25, 0.3) is 0 Å². The lowest BCUT2D eigenvalue weighted by Gasteiger charge is -2.58. The number of oxime groups is 1. The van der Waals surface area contributed by atoms with E-state index in [-0.39, 0.29) is 22.9 Å². The van der Waals surface area contributed by atoms with Crippen LogP contribution in [0.15, 0.2) is 5.16 Å². The molecule has 0 aromatic carbocycles. The summed E-state index contributed by atoms with van der Waals surface area (Å²) in [5.41, 5.74) is 0.994. The average molecular weight is 387 g/mol. The SMILES string of the molecule is C[C@]12CC/C(=N/O[C@H]3CCNC3)C[C@@H]1C(=O)C[C@@H]1[C@@H]2CC[C@]2(C)C(=O)CC[C@@H]12. The summed E-state index contributed by atoms with van der Waals surface area (Å²) >= 11 is 0. The average Bonchev–Trinajstić information content (AvgIpc) is 3.29. The third-order valence-corrected chi connectivity index (χ3v) is 9.35. The second-order valence-corrected chi connectivity index (χ2v) is 10.6. The maximum Gasteiger partial charge on any atom is 0.141 e. The molecule has 0 unspecified atom stereocenters. The topological polar surface area (TPSA) is 67.8 Å². The fraction of sp³-hybridized carbons (Fsp3) is 0.870. The van der Waals surface area contributed by atoms with E-state index >= 15 is 0 Å². The maximum absolute atomic E-state index is 13.3. The normalized spacial score (nSPS) is 49.6. The van der Waals surface area contributed by atoms with E-state index < -0.39 is 0 Å². The van der Waals surface area contributed by atoms with E-state index in [1.54, 1.807) is 0 Å². The van der Waals surface area contributed by atoms with Crippen LogP contribution in [-0.4, -0.2) is 36.5 Å². The molecule has 1 heterocycles. The molecule has 5 fully saturated rings. The molecule has 4 aliphatic carbocycles. The van der Waals surface area contributed by atoms with Gasteiger partial charge >= 0.3 is 0 Å². The maximum atomic E-state index is 13.3. The number of Topliss-reactive ketones (excluding diaryl/α,β-unsaturated/α-hetero) is 2. The molecular formula is C23H34N2O3. The van der Waals surface area contributed by atoms with Crippen molar-refractivity contribution in [1.29, 1.82) is 0 Å². The van der Waals surface area contributed by atoms with E-state index in [9.17, 15) is 9.59 Å². The van der Waals surface area contributed by atoms with Crippen LogP contribution >= 0.6 is 0 Å². The van der Waals surface area contributed by atoms with E-state index in [1.165, 1.54) is 0 Å². The molecule has 5 rings (SSSR count). The third-order valence-electron chi connectivity index (χ3n) is 9.35. The number of hydrogen-bond donors (Lipinski definition) is 1. The van der Waals surface area contributed by atoms with Gasteiger partial charge in [-0.05, 0) is 68.2 Å². The summed E-state index contributed by atoms with van der Waals surface area (Å²) in [6, 6.07) is 0. The Morgan fingerprint density at radius 1 is 1.04 bits per heavy atom. The number of fused-ring (bicyclic) bond motifs is 5. The van der Waals surface area contributed by atoms with Crippen LogP contribution < -0.4 is 5.32 Å². The van der Waals surface area contributed by atoms with E-state index in [0.29, 0.717) is 35.7 Å². The summed E-state index contributed by atoms with van der Waals surface area (Å²) in [6.45, 7) is 6.42. The van der Waals surface area contributed by atoms with Crippen molar-refractivity contribution in [2.45, 2.75) is 77.7 Å². The van der Waals surface area contributed by atoms with Crippen LogP contribution in [0, 0.1) is 34.5 Å². The van der Waals surface area contributed by atoms with E-state index in [1.807, 2.05) is 0 Å². The van der Waals surface area contributed by atoms with Crippen molar-refractivity contribution in [3.05, 3.63) is 0 Å². The Labute approximate surface area is 168 Å². The minimum atomic E-state index is -0.158. The second kappa shape index (κ2) is 6.65. The van der Waals surface area contributed by atoms with Crippen molar-refractivity contribution < 1.29 is 14.4 Å². The van der Waals surface area contributed by atoms with Crippen molar-refractivity contribution in [2.24, 2.45) is 39.7 Å². The molecule has 0 aromatic heterocycles. The van der Waals surface area contributed by atoms with Crippen LogP contribution in [0.3, 0.4) is 0 Å². The van der Waals surface area contributed by atoms with Crippen LogP contribution in [0.2, 0.25) is 0 Å². The Bertz CT molecular complexity index is 713. The first-order valence-corrected chi connectivity index (χ1v) is 11.4. The van der Waals surface area contributed by atoms with Gasteiger partial charge in [0.15, 0.2) is 0 Å². The molecular weight excluding hydrogens is 352 g/mol. The Hall–Kier alpha value is -1.23. The Morgan fingerprint density at radius 3 is 2.68 bits per heavy atom. The molecule has 1 saturated heterocycles. The predicted octanol–water partition coefficient (Wildman–Crippen LogP) is 3.51. The molecule has 28 heavy (non-hydrogen) atoms. The molecule has 5 heteroatoms. The summed E-state index contributed by atoms with van der Waals surface area (Å²) in [7, 11) is 0. The van der Waals surface area contributed by atoms with Gasteiger partial charge in [0, 0.05) is 37.1 Å². The molecule has 0 bridgehead atoms. The largest absolute Gasteiger partial charge is 0.391 e. The van der Waals surface area contributed by atoms with Gasteiger partial charge in [0.2, 0.25) is 0 Å². The van der Waals surface area contributed by atoms with Gasteiger partial charge in [-0.25, -0.2) is 0 Å². The van der Waals surface area contributed by atoms with Gasteiger partial charge in [0.05, 0.1) is 5.71 Å². The number of rotatable bonds is 2. The van der Waals surface area contributed by atoms with E-state index in [4.69, 9.17) is 4.84 Å². The predicted molar refractivity (Wildman–Crippen MR) is 107 cm³/mol. The van der Waals surface area contributed by atoms with Crippen molar-refractivity contribution in [2.75, 3.05) is 13.1 Å². The molecule has 0 amide bonds. The first-order valence-electron chi connectivity index (χ1n) is 11.4. The van der Waals surface area contributed by atoms with Crippen LogP contribution in [0.25, 0.3) is 0 Å². The minimum Gasteiger partial charge on any atom is -0.391 e. The Balaban J connectivity index is 1.35. The van der Waals surface area contributed by atoms with Gasteiger partial charge in [-0.1, -0.05) is 19.0 Å². The molecule has 1 N–H and O–H groups in total. The molecule has 0 radical (unpaired) electrons. The zero-order chi connectivity index (χ0) is 19.5. The summed E-state index contributed by atoms with van der Waals surface area (Å²) in [5.74, 6) is 2.38. The molecule has 5 nitrogen and oxygen atoms in total. The lowest BCUT2D eigenvalue weighted by Crippen LogP contribution is -2.56. The first kappa shape index (κ1) is 18.8. The number of hydrogen-bond acceptors (Lipinski definition) is 5. The highest BCUT2D eigenvalue weighted by molar-refractivity contribution is 5.93. The monoisotopic (exact) mass is 386 g/mol. The summed E-state index contributed by atoms with van der Waals surface area (Å²) in [5, 5.41) is 7.78. The number of nitrogens with one attached hydrogen (secondary N) is 1. The fourth-order valence-electron chi connectivity index (χ4n) is 7.57. The van der Waals surface area contributed by atoms with Gasteiger partial charge in [-0.15, -0.1) is 0 Å². The summed E-state index contributed by atoms with van der Waals surface area (Å²) in [6.07, 6.45) is 8.50. The second-order valence-electron chi connectivity index (χ2n) is 10.6. The minimum absolute atomic E-state index is 0.0703. The highest BCUT2D eigenvalue weighted by Crippen LogP contribution is 2.64. The molecule has 7 atom stereocenters. The number of ketones is 2. The number of nitrogens with zero attached hydrogens (tertiary/aromatic N) is 1. The zero-order valence-corrected chi connectivity index (χ0v) is 17.3. The molecule has 4 saturated carbocycles. The smallest absolute Gasteiger partial charge is 0.141 e. The van der Waals surface area contributed by atoms with Crippen molar-refractivity contribution >= 4 is 17.3 Å². The standard InChI is InChI=1S/C23H34N2O3/c1-22-8-5-14(25-28-15-7-10-24-13-15)11-19(22)20(26)12-16-17-3-4-21(27)23(17,2)9-6-18(16)22/h15-19,24H,3-13H2,1-2H3/b25-14-/t15-,16-,17-,18-,19+,22+,23-/m0/s1. The zero-order valence-electron chi connectivity index (χ0n) is 17.3. The molecule has 5 aliphatic rings. The van der Waals surface area contributed by atoms with Crippen LogP contribution in [-0.2, 0) is 14.4 Å². The lowest BCUT2D eigenvalue weighted by molar-refractivity contribution is -0.152. The molecule has 1 aliphatic heterocycles. The van der Waals surface area contributed by atoms with Crippen molar-refractivity contribution in [3.63, 3.8) is 0 Å². The van der Waals surface area contributed by atoms with Crippen LogP contribution in [0.1, 0.15) is 71.6 Å². The van der Waals surface area contributed by atoms with Gasteiger partial charge in [-0.3, -0.25) is 9.59 Å².